The maximum absolute atomic E-state index is 12.0. The SMILES string of the molecule is O=C(NN=Cc1cc(Cl)cc(Cl)c1O)C1C2CCCCC21. The number of halogens is 2. The summed E-state index contributed by atoms with van der Waals surface area (Å²) in [6.07, 6.45) is 6.11. The number of nitrogens with one attached hydrogen (secondary N) is 1. The van der Waals surface area contributed by atoms with Gasteiger partial charge < -0.3 is 5.11 Å². The number of hydrazone groups is 1. The summed E-state index contributed by atoms with van der Waals surface area (Å²) in [5, 5.41) is 14.2. The predicted octanol–water partition coefficient (Wildman–Crippen LogP) is 3.59. The molecule has 1 amide bonds. The molecule has 0 heterocycles. The van der Waals surface area contributed by atoms with Crippen molar-refractivity contribution in [1.82, 2.24) is 5.43 Å². The van der Waals surface area contributed by atoms with Crippen molar-refractivity contribution in [3.8, 4) is 5.75 Å². The Morgan fingerprint density at radius 2 is 1.95 bits per heavy atom. The summed E-state index contributed by atoms with van der Waals surface area (Å²) < 4.78 is 0. The van der Waals surface area contributed by atoms with Crippen molar-refractivity contribution < 1.29 is 9.90 Å². The van der Waals surface area contributed by atoms with Gasteiger partial charge in [0.15, 0.2) is 0 Å². The second-order valence-electron chi connectivity index (χ2n) is 5.70. The molecule has 0 bridgehead atoms. The number of benzene rings is 1. The van der Waals surface area contributed by atoms with Gasteiger partial charge in [-0.1, -0.05) is 36.0 Å². The largest absolute Gasteiger partial charge is 0.506 e. The summed E-state index contributed by atoms with van der Waals surface area (Å²) >= 11 is 11.7. The molecule has 2 atom stereocenters. The van der Waals surface area contributed by atoms with Crippen molar-refractivity contribution in [2.24, 2.45) is 22.9 Å². The summed E-state index contributed by atoms with van der Waals surface area (Å²) in [5.41, 5.74) is 2.92. The molecule has 2 aliphatic carbocycles. The Morgan fingerprint density at radius 3 is 2.62 bits per heavy atom. The molecule has 2 unspecified atom stereocenters. The fraction of sp³-hybridized carbons (Fsp3) is 0.467. The van der Waals surface area contributed by atoms with Crippen LogP contribution in [0.25, 0.3) is 0 Å². The lowest BCUT2D eigenvalue weighted by molar-refractivity contribution is -0.122. The quantitative estimate of drug-likeness (QED) is 0.658. The molecule has 2 fully saturated rings. The first-order valence-corrected chi connectivity index (χ1v) is 7.84. The number of phenolic OH excluding ortho intramolecular Hbond substituents is 1. The van der Waals surface area contributed by atoms with Gasteiger partial charge in [0.05, 0.1) is 11.2 Å². The Hall–Kier alpha value is -1.26. The molecule has 112 valence electrons. The highest BCUT2D eigenvalue weighted by molar-refractivity contribution is 6.36. The van der Waals surface area contributed by atoms with Gasteiger partial charge in [0, 0.05) is 16.5 Å². The topological polar surface area (TPSA) is 61.7 Å². The van der Waals surface area contributed by atoms with Gasteiger partial charge in [-0.2, -0.15) is 5.10 Å². The molecule has 0 aromatic heterocycles. The van der Waals surface area contributed by atoms with Crippen LogP contribution in [0.1, 0.15) is 31.2 Å². The van der Waals surface area contributed by atoms with Crippen LogP contribution in [-0.2, 0) is 4.79 Å². The van der Waals surface area contributed by atoms with Crippen LogP contribution >= 0.6 is 23.2 Å². The summed E-state index contributed by atoms with van der Waals surface area (Å²) in [6.45, 7) is 0. The van der Waals surface area contributed by atoms with Crippen molar-refractivity contribution in [2.75, 3.05) is 0 Å². The first kappa shape index (κ1) is 14.7. The number of hydrogen-bond acceptors (Lipinski definition) is 3. The Morgan fingerprint density at radius 1 is 1.29 bits per heavy atom. The Bertz CT molecular complexity index is 592. The van der Waals surface area contributed by atoms with Crippen LogP contribution < -0.4 is 5.43 Å². The van der Waals surface area contributed by atoms with E-state index in [1.54, 1.807) is 0 Å². The standard InChI is InChI=1S/C15H16Cl2N2O2/c16-9-5-8(14(20)12(17)6-9)7-18-19-15(21)13-10-3-1-2-4-11(10)13/h5-7,10-11,13,20H,1-4H2,(H,19,21). The molecular formula is C15H16Cl2N2O2. The number of hydrogen-bond donors (Lipinski definition) is 2. The van der Waals surface area contributed by atoms with E-state index in [2.05, 4.69) is 10.5 Å². The summed E-state index contributed by atoms with van der Waals surface area (Å²) in [7, 11) is 0. The van der Waals surface area contributed by atoms with Crippen LogP contribution in [0.4, 0.5) is 0 Å². The molecule has 2 aliphatic rings. The lowest BCUT2D eigenvalue weighted by atomic mass is 10.0. The van der Waals surface area contributed by atoms with Gasteiger partial charge in [0.2, 0.25) is 5.91 Å². The number of carbonyl (C=O) groups excluding carboxylic acids is 1. The second kappa shape index (κ2) is 5.85. The Labute approximate surface area is 133 Å². The monoisotopic (exact) mass is 326 g/mol. The van der Waals surface area contributed by atoms with Crippen LogP contribution in [0, 0.1) is 17.8 Å². The van der Waals surface area contributed by atoms with Gasteiger partial charge in [-0.05, 0) is 36.8 Å². The third-order valence-electron chi connectivity index (χ3n) is 4.40. The van der Waals surface area contributed by atoms with Crippen molar-refractivity contribution in [2.45, 2.75) is 25.7 Å². The van der Waals surface area contributed by atoms with Gasteiger partial charge in [0.25, 0.3) is 0 Å². The van der Waals surface area contributed by atoms with E-state index >= 15 is 0 Å². The molecule has 2 saturated carbocycles. The third kappa shape index (κ3) is 3.01. The summed E-state index contributed by atoms with van der Waals surface area (Å²) in [4.78, 5) is 12.0. The van der Waals surface area contributed by atoms with Gasteiger partial charge >= 0.3 is 0 Å². The zero-order valence-corrected chi connectivity index (χ0v) is 12.9. The van der Waals surface area contributed by atoms with E-state index in [1.807, 2.05) is 0 Å². The molecule has 0 radical (unpaired) electrons. The molecule has 0 spiro atoms. The molecule has 0 aliphatic heterocycles. The average molecular weight is 327 g/mol. The molecule has 2 N–H and O–H groups in total. The lowest BCUT2D eigenvalue weighted by Crippen LogP contribution is -2.20. The predicted molar refractivity (Wildman–Crippen MR) is 82.8 cm³/mol. The van der Waals surface area contributed by atoms with Crippen LogP contribution in [0.5, 0.6) is 5.75 Å². The maximum Gasteiger partial charge on any atom is 0.243 e. The van der Waals surface area contributed by atoms with E-state index in [4.69, 9.17) is 23.2 Å². The highest BCUT2D eigenvalue weighted by atomic mass is 35.5. The van der Waals surface area contributed by atoms with Crippen molar-refractivity contribution in [3.05, 3.63) is 27.7 Å². The first-order valence-electron chi connectivity index (χ1n) is 7.09. The number of aromatic hydroxyl groups is 1. The third-order valence-corrected chi connectivity index (χ3v) is 4.90. The van der Waals surface area contributed by atoms with Crippen LogP contribution in [-0.4, -0.2) is 17.2 Å². The smallest absolute Gasteiger partial charge is 0.243 e. The van der Waals surface area contributed by atoms with E-state index in [-0.39, 0.29) is 22.6 Å². The molecular weight excluding hydrogens is 311 g/mol. The number of nitrogens with zero attached hydrogens (tertiary/aromatic N) is 1. The fourth-order valence-electron chi connectivity index (χ4n) is 3.31. The van der Waals surface area contributed by atoms with Crippen LogP contribution in [0.15, 0.2) is 17.2 Å². The zero-order chi connectivity index (χ0) is 15.0. The number of rotatable bonds is 3. The van der Waals surface area contributed by atoms with Gasteiger partial charge in [0.1, 0.15) is 5.75 Å². The van der Waals surface area contributed by atoms with E-state index in [1.165, 1.54) is 31.2 Å². The highest BCUT2D eigenvalue weighted by Crippen LogP contribution is 2.55. The van der Waals surface area contributed by atoms with Gasteiger partial charge in [-0.3, -0.25) is 4.79 Å². The lowest BCUT2D eigenvalue weighted by Gasteiger charge is -2.04. The fourth-order valence-corrected chi connectivity index (χ4v) is 3.81. The second-order valence-corrected chi connectivity index (χ2v) is 6.54. The van der Waals surface area contributed by atoms with E-state index in [9.17, 15) is 9.90 Å². The molecule has 1 aromatic carbocycles. The number of fused-ring (bicyclic) bond motifs is 1. The minimum Gasteiger partial charge on any atom is -0.506 e. The van der Waals surface area contributed by atoms with Crippen LogP contribution in [0.3, 0.4) is 0 Å². The van der Waals surface area contributed by atoms with E-state index in [0.717, 1.165) is 12.8 Å². The normalized spacial score (nSPS) is 27.4. The molecule has 21 heavy (non-hydrogen) atoms. The first-order chi connectivity index (χ1) is 10.1. The van der Waals surface area contributed by atoms with Gasteiger partial charge in [-0.15, -0.1) is 0 Å². The molecule has 6 heteroatoms. The minimum absolute atomic E-state index is 0.0317. The van der Waals surface area contributed by atoms with E-state index < -0.39 is 0 Å². The van der Waals surface area contributed by atoms with E-state index in [0.29, 0.717) is 22.4 Å². The molecule has 4 nitrogen and oxygen atoms in total. The van der Waals surface area contributed by atoms with Crippen molar-refractivity contribution in [3.63, 3.8) is 0 Å². The zero-order valence-electron chi connectivity index (χ0n) is 11.4. The minimum atomic E-state index is -0.0980. The maximum atomic E-state index is 12.0. The Balaban J connectivity index is 1.61. The molecule has 1 aromatic rings. The van der Waals surface area contributed by atoms with Crippen LogP contribution in [0.2, 0.25) is 10.0 Å². The summed E-state index contributed by atoms with van der Waals surface area (Å²) in [5.74, 6) is 1.07. The van der Waals surface area contributed by atoms with Crippen molar-refractivity contribution in [1.29, 1.82) is 0 Å². The summed E-state index contributed by atoms with van der Waals surface area (Å²) in [6, 6.07) is 2.98. The highest BCUT2D eigenvalue weighted by Gasteiger charge is 2.54. The molecule has 3 rings (SSSR count). The Kier molecular flexibility index (Phi) is 4.09. The molecule has 0 saturated heterocycles. The number of carbonyl (C=O) groups is 1. The average Bonchev–Trinajstić information content (AvgIpc) is 3.18. The number of amides is 1. The number of phenols is 1. The van der Waals surface area contributed by atoms with Crippen molar-refractivity contribution >= 4 is 35.3 Å². The van der Waals surface area contributed by atoms with Gasteiger partial charge in [-0.25, -0.2) is 5.43 Å².